The highest BCUT2D eigenvalue weighted by atomic mass is 35.5. The second-order valence-corrected chi connectivity index (χ2v) is 5.93. The van der Waals surface area contributed by atoms with Gasteiger partial charge in [0.1, 0.15) is 0 Å². The van der Waals surface area contributed by atoms with Crippen molar-refractivity contribution < 1.29 is 4.74 Å². The Labute approximate surface area is 120 Å². The third-order valence-corrected chi connectivity index (χ3v) is 4.43. The van der Waals surface area contributed by atoms with E-state index in [2.05, 4.69) is 24.1 Å². The number of benzene rings is 1. The Balaban J connectivity index is 2.10. The van der Waals surface area contributed by atoms with Gasteiger partial charge in [0.2, 0.25) is 0 Å². The van der Waals surface area contributed by atoms with Crippen LogP contribution in [0, 0.1) is 5.92 Å². The van der Waals surface area contributed by atoms with Crippen LogP contribution in [0.5, 0.6) is 0 Å². The molecule has 0 radical (unpaired) electrons. The van der Waals surface area contributed by atoms with Crippen LogP contribution in [0.25, 0.3) is 0 Å². The summed E-state index contributed by atoms with van der Waals surface area (Å²) in [4.78, 5) is 2.34. The lowest BCUT2D eigenvalue weighted by Gasteiger charge is -2.41. The van der Waals surface area contributed by atoms with E-state index < -0.39 is 0 Å². The number of hydrogen-bond acceptors (Lipinski definition) is 3. The summed E-state index contributed by atoms with van der Waals surface area (Å²) in [5, 5.41) is 0.774. The molecule has 1 saturated carbocycles. The first-order chi connectivity index (χ1) is 9.12. The van der Waals surface area contributed by atoms with Crippen LogP contribution in [0.2, 0.25) is 5.02 Å². The van der Waals surface area contributed by atoms with E-state index in [9.17, 15) is 0 Å². The van der Waals surface area contributed by atoms with Gasteiger partial charge in [0.05, 0.1) is 12.1 Å². The minimum atomic E-state index is -0.0333. The van der Waals surface area contributed by atoms with Crippen molar-refractivity contribution in [2.24, 2.45) is 11.7 Å². The Morgan fingerprint density at radius 3 is 2.47 bits per heavy atom. The highest BCUT2D eigenvalue weighted by Gasteiger charge is 2.47. The molecule has 2 N–H and O–H groups in total. The Kier molecular flexibility index (Phi) is 4.85. The van der Waals surface area contributed by atoms with E-state index in [0.717, 1.165) is 11.6 Å². The molecular weight excluding hydrogens is 260 g/mol. The number of halogens is 1. The molecule has 1 aliphatic rings. The Bertz CT molecular complexity index is 405. The van der Waals surface area contributed by atoms with Crippen LogP contribution in [0.1, 0.15) is 18.4 Å². The third kappa shape index (κ3) is 3.29. The minimum absolute atomic E-state index is 0.0333. The number of hydrogen-bond donors (Lipinski definition) is 1. The molecule has 19 heavy (non-hydrogen) atoms. The van der Waals surface area contributed by atoms with Crippen LogP contribution < -0.4 is 5.73 Å². The second kappa shape index (κ2) is 6.23. The first-order valence-electron chi connectivity index (χ1n) is 6.77. The van der Waals surface area contributed by atoms with E-state index in [1.165, 1.54) is 18.4 Å². The van der Waals surface area contributed by atoms with Crippen molar-refractivity contribution >= 4 is 11.6 Å². The molecule has 1 aromatic carbocycles. The summed E-state index contributed by atoms with van der Waals surface area (Å²) in [5.41, 5.74) is 7.29. The van der Waals surface area contributed by atoms with E-state index in [1.807, 2.05) is 12.1 Å². The molecule has 2 rings (SSSR count). The van der Waals surface area contributed by atoms with Gasteiger partial charge in [0.25, 0.3) is 0 Å². The van der Waals surface area contributed by atoms with Gasteiger partial charge in [-0.15, -0.1) is 0 Å². The van der Waals surface area contributed by atoms with E-state index in [1.54, 1.807) is 7.11 Å². The summed E-state index contributed by atoms with van der Waals surface area (Å²) in [6, 6.07) is 8.00. The molecule has 0 aliphatic heterocycles. The first-order valence-corrected chi connectivity index (χ1v) is 7.15. The lowest BCUT2D eigenvalue weighted by molar-refractivity contribution is 0.0104. The predicted octanol–water partition coefficient (Wildman–Crippen LogP) is 2.53. The fourth-order valence-corrected chi connectivity index (χ4v) is 2.94. The smallest absolute Gasteiger partial charge is 0.0661 e. The van der Waals surface area contributed by atoms with Crippen molar-refractivity contribution in [3.8, 4) is 0 Å². The van der Waals surface area contributed by atoms with Crippen LogP contribution in [-0.2, 0) is 11.3 Å². The quantitative estimate of drug-likeness (QED) is 0.835. The normalized spacial score (nSPS) is 18.6. The fourth-order valence-electron chi connectivity index (χ4n) is 2.81. The zero-order valence-electron chi connectivity index (χ0n) is 11.7. The highest BCUT2D eigenvalue weighted by molar-refractivity contribution is 6.30. The zero-order valence-corrected chi connectivity index (χ0v) is 12.5. The predicted molar refractivity (Wildman–Crippen MR) is 79.3 cm³/mol. The van der Waals surface area contributed by atoms with Gasteiger partial charge in [-0.05, 0) is 43.5 Å². The van der Waals surface area contributed by atoms with Gasteiger partial charge in [0.15, 0.2) is 0 Å². The Morgan fingerprint density at radius 1 is 1.37 bits per heavy atom. The second-order valence-electron chi connectivity index (χ2n) is 5.50. The van der Waals surface area contributed by atoms with Crippen molar-refractivity contribution in [3.63, 3.8) is 0 Å². The van der Waals surface area contributed by atoms with Crippen LogP contribution in [-0.4, -0.2) is 37.7 Å². The molecule has 106 valence electrons. The van der Waals surface area contributed by atoms with Crippen molar-refractivity contribution in [1.29, 1.82) is 0 Å². The van der Waals surface area contributed by atoms with E-state index in [0.29, 0.717) is 19.1 Å². The molecule has 0 heterocycles. The van der Waals surface area contributed by atoms with Crippen LogP contribution in [0.3, 0.4) is 0 Å². The maximum Gasteiger partial charge on any atom is 0.0661 e. The topological polar surface area (TPSA) is 38.5 Å². The van der Waals surface area contributed by atoms with Crippen molar-refractivity contribution in [3.05, 3.63) is 34.9 Å². The number of rotatable bonds is 7. The molecule has 0 spiro atoms. The van der Waals surface area contributed by atoms with E-state index in [4.69, 9.17) is 22.1 Å². The van der Waals surface area contributed by atoms with Gasteiger partial charge in [-0.3, -0.25) is 4.90 Å². The van der Waals surface area contributed by atoms with Crippen molar-refractivity contribution in [2.45, 2.75) is 24.9 Å². The number of nitrogens with two attached hydrogens (primary N) is 1. The molecule has 4 heteroatoms. The number of ether oxygens (including phenoxy) is 1. The standard InChI is InChI=1S/C15H23ClN2O/c1-18(9-12-3-7-14(16)8-4-12)15(10-17,11-19-2)13-5-6-13/h3-4,7-8,13H,5-6,9-11,17H2,1-2H3. The van der Waals surface area contributed by atoms with Crippen LogP contribution in [0.4, 0.5) is 0 Å². The van der Waals surface area contributed by atoms with Gasteiger partial charge in [-0.2, -0.15) is 0 Å². The highest BCUT2D eigenvalue weighted by Crippen LogP contribution is 2.43. The average molecular weight is 283 g/mol. The van der Waals surface area contributed by atoms with E-state index in [-0.39, 0.29) is 5.54 Å². The average Bonchev–Trinajstić information content (AvgIpc) is 3.23. The van der Waals surface area contributed by atoms with Crippen LogP contribution >= 0.6 is 11.6 Å². The number of nitrogens with zero attached hydrogens (tertiary/aromatic N) is 1. The molecule has 0 amide bonds. The molecule has 0 bridgehead atoms. The summed E-state index contributed by atoms with van der Waals surface area (Å²) in [7, 11) is 3.89. The molecule has 1 unspecified atom stereocenters. The molecule has 3 nitrogen and oxygen atoms in total. The first kappa shape index (κ1) is 14.8. The van der Waals surface area contributed by atoms with Crippen LogP contribution in [0.15, 0.2) is 24.3 Å². The van der Waals surface area contributed by atoms with Gasteiger partial charge in [-0.1, -0.05) is 23.7 Å². The summed E-state index contributed by atoms with van der Waals surface area (Å²) in [5.74, 6) is 0.662. The molecule has 1 aromatic rings. The van der Waals surface area contributed by atoms with Gasteiger partial charge >= 0.3 is 0 Å². The largest absolute Gasteiger partial charge is 0.383 e. The molecule has 0 saturated heterocycles. The van der Waals surface area contributed by atoms with E-state index >= 15 is 0 Å². The lowest BCUT2D eigenvalue weighted by atomic mass is 9.91. The number of likely N-dealkylation sites (N-methyl/N-ethyl adjacent to an activating group) is 1. The SMILES string of the molecule is COCC(CN)(C1CC1)N(C)Cc1ccc(Cl)cc1. The molecule has 1 fully saturated rings. The summed E-state index contributed by atoms with van der Waals surface area (Å²) in [6.45, 7) is 2.20. The molecule has 1 aliphatic carbocycles. The van der Waals surface area contributed by atoms with Crippen molar-refractivity contribution in [1.82, 2.24) is 4.90 Å². The molecule has 0 aromatic heterocycles. The summed E-state index contributed by atoms with van der Waals surface area (Å²) in [6.07, 6.45) is 2.51. The van der Waals surface area contributed by atoms with Crippen molar-refractivity contribution in [2.75, 3.05) is 27.3 Å². The minimum Gasteiger partial charge on any atom is -0.383 e. The zero-order chi connectivity index (χ0) is 13.9. The summed E-state index contributed by atoms with van der Waals surface area (Å²) < 4.78 is 5.43. The Hall–Kier alpha value is -0.610. The lowest BCUT2D eigenvalue weighted by Crippen LogP contribution is -2.56. The number of methoxy groups -OCH3 is 1. The van der Waals surface area contributed by atoms with Gasteiger partial charge in [-0.25, -0.2) is 0 Å². The van der Waals surface area contributed by atoms with Gasteiger partial charge in [0, 0.05) is 25.2 Å². The maximum atomic E-state index is 6.07. The Morgan fingerprint density at radius 2 is 2.00 bits per heavy atom. The molecule has 1 atom stereocenters. The van der Waals surface area contributed by atoms with Gasteiger partial charge < -0.3 is 10.5 Å². The molecular formula is C15H23ClN2O. The monoisotopic (exact) mass is 282 g/mol. The third-order valence-electron chi connectivity index (χ3n) is 4.18. The maximum absolute atomic E-state index is 6.07. The fraction of sp³-hybridized carbons (Fsp3) is 0.600. The summed E-state index contributed by atoms with van der Waals surface area (Å²) >= 11 is 5.92.